The van der Waals surface area contributed by atoms with E-state index in [1.807, 2.05) is 6.07 Å². The van der Waals surface area contributed by atoms with Gasteiger partial charge in [0, 0.05) is 54.4 Å². The summed E-state index contributed by atoms with van der Waals surface area (Å²) >= 11 is 0. The molecule has 3 unspecified atom stereocenters. The van der Waals surface area contributed by atoms with Crippen molar-refractivity contribution in [3.05, 3.63) is 59.5 Å². The fourth-order valence-electron chi connectivity index (χ4n) is 4.29. The predicted molar refractivity (Wildman–Crippen MR) is 126 cm³/mol. The lowest BCUT2D eigenvalue weighted by atomic mass is 9.92. The van der Waals surface area contributed by atoms with Crippen molar-refractivity contribution in [2.75, 3.05) is 25.0 Å². The minimum Gasteiger partial charge on any atom is -0.456 e. The predicted octanol–water partition coefficient (Wildman–Crippen LogP) is 4.46. The van der Waals surface area contributed by atoms with Gasteiger partial charge in [0.15, 0.2) is 0 Å². The number of halogens is 2. The summed E-state index contributed by atoms with van der Waals surface area (Å²) in [5, 5.41) is 3.04. The molecule has 32 heavy (non-hydrogen) atoms. The zero-order valence-electron chi connectivity index (χ0n) is 18.5. The van der Waals surface area contributed by atoms with Gasteiger partial charge in [0.1, 0.15) is 23.5 Å². The van der Waals surface area contributed by atoms with Gasteiger partial charge in [0.05, 0.1) is 6.04 Å². The molecule has 2 aromatic carbocycles. The first-order chi connectivity index (χ1) is 15.5. The van der Waals surface area contributed by atoms with Crippen molar-refractivity contribution >= 4 is 17.5 Å². The number of anilines is 1. The zero-order chi connectivity index (χ0) is 22.7. The van der Waals surface area contributed by atoms with E-state index in [0.29, 0.717) is 36.1 Å². The fraction of sp³-hybridized carbons (Fsp3) is 0.400. The maximum absolute atomic E-state index is 14.2. The number of alkyl halides is 1. The summed E-state index contributed by atoms with van der Waals surface area (Å²) in [7, 11) is 2.07. The molecule has 0 bridgehead atoms. The van der Waals surface area contributed by atoms with Gasteiger partial charge in [-0.2, -0.15) is 0 Å². The number of allylic oxidation sites excluding steroid dienone is 1. The summed E-state index contributed by atoms with van der Waals surface area (Å²) in [4.78, 5) is 6.75. The van der Waals surface area contributed by atoms with Crippen molar-refractivity contribution in [2.24, 2.45) is 10.7 Å². The number of nitrogens with two attached hydrogens (primary N) is 1. The van der Waals surface area contributed by atoms with Crippen LogP contribution < -0.4 is 20.7 Å². The molecule has 0 radical (unpaired) electrons. The quantitative estimate of drug-likeness (QED) is 0.674. The van der Waals surface area contributed by atoms with Crippen LogP contribution in [0, 0.1) is 5.82 Å². The average Bonchev–Trinajstić information content (AvgIpc) is 2.80. The summed E-state index contributed by atoms with van der Waals surface area (Å²) in [6.07, 6.45) is 4.58. The number of piperidine rings is 1. The molecule has 0 saturated carbocycles. The standard InChI is InChI=1S/C25H30F2N4O/c1-16-3-8-21-24(31(16)2)10-9-20(25(21)32-19-6-4-18(26)5-7-19)17(13-28)14-30-23-11-12-29-15-22(23)27/h4-7,9-10,13-14,16,22-23,29H,3,8,11-12,15,28H2,1-2H3. The first kappa shape index (κ1) is 22.3. The summed E-state index contributed by atoms with van der Waals surface area (Å²) in [6, 6.07) is 10.0. The number of nitrogens with zero attached hydrogens (tertiary/aromatic N) is 2. The lowest BCUT2D eigenvalue weighted by molar-refractivity contribution is 0.235. The Kier molecular flexibility index (Phi) is 6.74. The van der Waals surface area contributed by atoms with Crippen molar-refractivity contribution in [1.82, 2.24) is 5.32 Å². The lowest BCUT2D eigenvalue weighted by Gasteiger charge is -2.35. The number of hydrogen-bond acceptors (Lipinski definition) is 5. The largest absolute Gasteiger partial charge is 0.456 e. The van der Waals surface area contributed by atoms with Crippen LogP contribution in [0.2, 0.25) is 0 Å². The number of nitrogens with one attached hydrogen (secondary N) is 1. The van der Waals surface area contributed by atoms with E-state index in [9.17, 15) is 8.78 Å². The molecule has 2 aromatic rings. The molecule has 3 N–H and O–H groups in total. The van der Waals surface area contributed by atoms with E-state index in [-0.39, 0.29) is 5.82 Å². The van der Waals surface area contributed by atoms with Crippen LogP contribution in [0.3, 0.4) is 0 Å². The SMILES string of the molecule is CC1CCc2c(ccc(C(C=NC3CCNCC3F)=CN)c2Oc2ccc(F)cc2)N1C. The van der Waals surface area contributed by atoms with Gasteiger partial charge in [-0.1, -0.05) is 0 Å². The highest BCUT2D eigenvalue weighted by atomic mass is 19.1. The third-order valence-corrected chi connectivity index (χ3v) is 6.39. The molecule has 0 amide bonds. The van der Waals surface area contributed by atoms with Crippen LogP contribution >= 0.6 is 0 Å². The van der Waals surface area contributed by atoms with E-state index in [1.54, 1.807) is 18.3 Å². The second-order valence-electron chi connectivity index (χ2n) is 8.47. The average molecular weight is 441 g/mol. The number of hydrogen-bond donors (Lipinski definition) is 2. The molecular weight excluding hydrogens is 410 g/mol. The monoisotopic (exact) mass is 440 g/mol. The Morgan fingerprint density at radius 1 is 1.22 bits per heavy atom. The highest BCUT2D eigenvalue weighted by Crippen LogP contribution is 2.42. The Labute approximate surface area is 188 Å². The summed E-state index contributed by atoms with van der Waals surface area (Å²) in [5.41, 5.74) is 9.61. The molecule has 2 aliphatic rings. The van der Waals surface area contributed by atoms with Gasteiger partial charge in [-0.15, -0.1) is 0 Å². The Bertz CT molecular complexity index is 1010. The van der Waals surface area contributed by atoms with E-state index >= 15 is 0 Å². The van der Waals surface area contributed by atoms with E-state index in [4.69, 9.17) is 10.5 Å². The van der Waals surface area contributed by atoms with Gasteiger partial charge in [-0.05, 0) is 69.1 Å². The third kappa shape index (κ3) is 4.63. The molecule has 2 aliphatic heterocycles. The molecule has 1 saturated heterocycles. The molecule has 5 nitrogen and oxygen atoms in total. The Hall–Kier alpha value is -2.93. The number of fused-ring (bicyclic) bond motifs is 1. The zero-order valence-corrected chi connectivity index (χ0v) is 18.5. The first-order valence-corrected chi connectivity index (χ1v) is 11.1. The molecule has 2 heterocycles. The minimum atomic E-state index is -1.02. The number of ether oxygens (including phenoxy) is 1. The van der Waals surface area contributed by atoms with Crippen molar-refractivity contribution in [2.45, 2.75) is 44.4 Å². The molecule has 0 aliphatic carbocycles. The molecule has 1 fully saturated rings. The Morgan fingerprint density at radius 2 is 2.00 bits per heavy atom. The topological polar surface area (TPSA) is 62.9 Å². The van der Waals surface area contributed by atoms with E-state index in [0.717, 1.165) is 36.2 Å². The summed E-state index contributed by atoms with van der Waals surface area (Å²) in [5.74, 6) is 0.898. The van der Waals surface area contributed by atoms with E-state index in [1.165, 1.54) is 18.3 Å². The van der Waals surface area contributed by atoms with Crippen molar-refractivity contribution in [1.29, 1.82) is 0 Å². The molecule has 7 heteroatoms. The highest BCUT2D eigenvalue weighted by Gasteiger charge is 2.27. The van der Waals surface area contributed by atoms with E-state index < -0.39 is 12.2 Å². The number of benzene rings is 2. The maximum Gasteiger partial charge on any atom is 0.140 e. The lowest BCUT2D eigenvalue weighted by Crippen LogP contribution is -2.40. The molecule has 170 valence electrons. The molecule has 0 spiro atoms. The van der Waals surface area contributed by atoms with Crippen LogP contribution in [0.1, 0.15) is 30.9 Å². The van der Waals surface area contributed by atoms with Gasteiger partial charge >= 0.3 is 0 Å². The minimum absolute atomic E-state index is 0.311. The second-order valence-corrected chi connectivity index (χ2v) is 8.47. The van der Waals surface area contributed by atoms with Crippen LogP contribution in [0.25, 0.3) is 5.57 Å². The fourth-order valence-corrected chi connectivity index (χ4v) is 4.29. The van der Waals surface area contributed by atoms with E-state index in [2.05, 4.69) is 35.2 Å². The summed E-state index contributed by atoms with van der Waals surface area (Å²) < 4.78 is 34.0. The van der Waals surface area contributed by atoms with Gasteiger partial charge < -0.3 is 20.7 Å². The Balaban J connectivity index is 1.73. The van der Waals surface area contributed by atoms with Gasteiger partial charge in [-0.3, -0.25) is 4.99 Å². The van der Waals surface area contributed by atoms with Crippen LogP contribution in [-0.2, 0) is 6.42 Å². The van der Waals surface area contributed by atoms with Crippen molar-refractivity contribution in [3.63, 3.8) is 0 Å². The van der Waals surface area contributed by atoms with Crippen molar-refractivity contribution < 1.29 is 13.5 Å². The van der Waals surface area contributed by atoms with Gasteiger partial charge in [0.2, 0.25) is 0 Å². The van der Waals surface area contributed by atoms with Crippen molar-refractivity contribution in [3.8, 4) is 11.5 Å². The third-order valence-electron chi connectivity index (χ3n) is 6.39. The smallest absolute Gasteiger partial charge is 0.140 e. The molecule has 0 aromatic heterocycles. The molecular formula is C25H30F2N4O. The second kappa shape index (κ2) is 9.69. The summed E-state index contributed by atoms with van der Waals surface area (Å²) in [6.45, 7) is 3.25. The molecule has 4 rings (SSSR count). The normalized spacial score (nSPS) is 23.9. The number of aliphatic imine (C=N–C) groups is 1. The molecule has 3 atom stereocenters. The Morgan fingerprint density at radius 3 is 2.72 bits per heavy atom. The number of rotatable bonds is 5. The van der Waals surface area contributed by atoms with Crippen LogP contribution in [0.5, 0.6) is 11.5 Å². The van der Waals surface area contributed by atoms with Crippen LogP contribution in [0.4, 0.5) is 14.5 Å². The highest BCUT2D eigenvalue weighted by molar-refractivity contribution is 6.11. The maximum atomic E-state index is 14.2. The first-order valence-electron chi connectivity index (χ1n) is 11.1. The van der Waals surface area contributed by atoms with Gasteiger partial charge in [-0.25, -0.2) is 8.78 Å². The van der Waals surface area contributed by atoms with Gasteiger partial charge in [0.25, 0.3) is 0 Å². The van der Waals surface area contributed by atoms with Crippen LogP contribution in [0.15, 0.2) is 47.6 Å². The van der Waals surface area contributed by atoms with Crippen LogP contribution in [-0.4, -0.2) is 44.6 Å².